The molecule has 7 nitrogen and oxygen atoms in total. The molecule has 3 aromatic rings. The number of rotatable bonds is 9. The molecule has 3 saturated heterocycles. The summed E-state index contributed by atoms with van der Waals surface area (Å²) in [6.07, 6.45) is 3.53. The number of nitrogens with one attached hydrogen (secondary N) is 1. The molecule has 0 unspecified atom stereocenters. The molecule has 3 aliphatic rings. The van der Waals surface area contributed by atoms with Crippen LogP contribution in [0.3, 0.4) is 0 Å². The van der Waals surface area contributed by atoms with Crippen LogP contribution in [0.15, 0.2) is 77.5 Å². The van der Waals surface area contributed by atoms with Gasteiger partial charge in [-0.2, -0.15) is 0 Å². The molecule has 2 aromatic carbocycles. The first-order chi connectivity index (χ1) is 16.6. The second-order valence-corrected chi connectivity index (χ2v) is 9.50. The summed E-state index contributed by atoms with van der Waals surface area (Å²) in [5.41, 5.74) is 2.39. The van der Waals surface area contributed by atoms with Gasteiger partial charge in [0.1, 0.15) is 19.4 Å². The number of aromatic nitrogens is 1. The topological polar surface area (TPSA) is 81.4 Å². The number of halogens is 1. The summed E-state index contributed by atoms with van der Waals surface area (Å²) in [5.74, 6) is 0.218. The molecule has 184 valence electrons. The minimum Gasteiger partial charge on any atom is -1.00 e. The summed E-state index contributed by atoms with van der Waals surface area (Å²) >= 11 is 0. The summed E-state index contributed by atoms with van der Waals surface area (Å²) in [6, 6.07) is 20.5. The molecular weight excluding hydrogens is 466 g/mol. The van der Waals surface area contributed by atoms with Crippen molar-refractivity contribution in [1.29, 1.82) is 0 Å². The first-order valence-corrected chi connectivity index (χ1v) is 11.9. The molecule has 6 rings (SSSR count). The summed E-state index contributed by atoms with van der Waals surface area (Å²) in [4.78, 5) is 26.2. The zero-order valence-electron chi connectivity index (χ0n) is 19.5. The van der Waals surface area contributed by atoms with E-state index in [1.165, 1.54) is 6.26 Å². The first-order valence-electron chi connectivity index (χ1n) is 11.9. The molecule has 8 heteroatoms. The lowest BCUT2D eigenvalue weighted by Gasteiger charge is -2.51. The summed E-state index contributed by atoms with van der Waals surface area (Å²) in [7, 11) is 0. The number of fused-ring (bicyclic) bond motifs is 3. The third kappa shape index (κ3) is 5.92. The molecular formula is C27H30ClN3O4. The quantitative estimate of drug-likeness (QED) is 0.349. The van der Waals surface area contributed by atoms with E-state index in [1.54, 1.807) is 6.07 Å². The molecule has 3 fully saturated rings. The van der Waals surface area contributed by atoms with E-state index in [1.807, 2.05) is 60.7 Å². The molecule has 35 heavy (non-hydrogen) atoms. The van der Waals surface area contributed by atoms with Crippen LogP contribution < -0.4 is 17.7 Å². The minimum atomic E-state index is -0.596. The molecule has 0 saturated carbocycles. The number of para-hydroxylation sites is 1. The van der Waals surface area contributed by atoms with Gasteiger partial charge in [-0.05, 0) is 17.7 Å². The molecule has 3 aliphatic heterocycles. The number of hydrogen-bond acceptors (Lipinski definition) is 6. The smallest absolute Gasteiger partial charge is 0.333 e. The normalized spacial score (nSPS) is 23.7. The van der Waals surface area contributed by atoms with Gasteiger partial charge in [-0.15, -0.1) is 0 Å². The van der Waals surface area contributed by atoms with E-state index in [0.29, 0.717) is 29.2 Å². The van der Waals surface area contributed by atoms with Gasteiger partial charge >= 0.3 is 5.97 Å². The number of carbonyl (C=O) groups excluding carboxylic acids is 2. The number of hydrogen-bond donors (Lipinski definition) is 1. The third-order valence-electron chi connectivity index (χ3n) is 7.14. The van der Waals surface area contributed by atoms with E-state index in [0.717, 1.165) is 37.2 Å². The number of nitrogens with zero attached hydrogens (tertiary/aromatic N) is 2. The second-order valence-electron chi connectivity index (χ2n) is 9.50. The highest BCUT2D eigenvalue weighted by Crippen LogP contribution is 2.36. The van der Waals surface area contributed by atoms with Crippen LogP contribution >= 0.6 is 0 Å². The Kier molecular flexibility index (Phi) is 7.88. The van der Waals surface area contributed by atoms with Gasteiger partial charge < -0.3 is 31.5 Å². The van der Waals surface area contributed by atoms with Crippen LogP contribution in [0.1, 0.15) is 30.1 Å². The number of anilines is 1. The highest BCUT2D eigenvalue weighted by atomic mass is 35.5. The van der Waals surface area contributed by atoms with E-state index in [4.69, 9.17) is 9.26 Å². The predicted octanol–water partition coefficient (Wildman–Crippen LogP) is 0.796. The number of esters is 1. The minimum absolute atomic E-state index is 0. The first kappa shape index (κ1) is 24.9. The van der Waals surface area contributed by atoms with Crippen molar-refractivity contribution in [1.82, 2.24) is 5.16 Å². The summed E-state index contributed by atoms with van der Waals surface area (Å²) in [5, 5.41) is 7.21. The highest BCUT2D eigenvalue weighted by molar-refractivity contribution is 5.82. The number of ketones is 1. The SMILES string of the molecule is O=C(Cc1ccon1)C[N+]12CCC(CC1)[C@@H](OC(=O)[C@H](Nc1ccccc1)c1ccccc1)C2.[Cl-]. The molecule has 2 bridgehead atoms. The van der Waals surface area contributed by atoms with Gasteiger partial charge in [0.2, 0.25) is 0 Å². The molecule has 0 amide bonds. The van der Waals surface area contributed by atoms with Crippen molar-refractivity contribution < 1.29 is 35.7 Å². The number of carbonyl (C=O) groups is 2. The van der Waals surface area contributed by atoms with E-state index in [9.17, 15) is 9.59 Å². The largest absolute Gasteiger partial charge is 1.00 e. The molecule has 1 aromatic heterocycles. The van der Waals surface area contributed by atoms with Crippen molar-refractivity contribution in [2.24, 2.45) is 5.92 Å². The lowest BCUT2D eigenvalue weighted by Crippen LogP contribution is -3.00. The van der Waals surface area contributed by atoms with Gasteiger partial charge in [0.15, 0.2) is 17.9 Å². The lowest BCUT2D eigenvalue weighted by molar-refractivity contribution is -0.939. The maximum atomic E-state index is 13.5. The van der Waals surface area contributed by atoms with Crippen molar-refractivity contribution in [3.8, 4) is 0 Å². The monoisotopic (exact) mass is 495 g/mol. The molecule has 0 aliphatic carbocycles. The zero-order chi connectivity index (χ0) is 23.4. The number of Topliss-reactive ketones (excluding diaryl/α,β-unsaturated/α-hetero) is 1. The van der Waals surface area contributed by atoms with Gasteiger partial charge in [0, 0.05) is 30.5 Å². The highest BCUT2D eigenvalue weighted by Gasteiger charge is 2.48. The standard InChI is InChI=1S/C27H30N3O4.ClH/c31-24(17-23-13-16-33-29-23)18-30-14-11-20(12-15-30)25(19-30)34-27(32)26(21-7-3-1-4-8-21)28-22-9-5-2-6-10-22;/h1-10,13,16,20,25-26,28H,11-12,14-15,17-19H2;1H/q+1;/p-1/t20?,25-,26+,30?;/m0./s1. The Hall–Kier alpha value is -3.16. The molecule has 0 spiro atoms. The van der Waals surface area contributed by atoms with Crippen LogP contribution in [-0.2, 0) is 20.7 Å². The Morgan fingerprint density at radius 1 is 1.03 bits per heavy atom. The Morgan fingerprint density at radius 2 is 1.71 bits per heavy atom. The molecule has 0 radical (unpaired) electrons. The second kappa shape index (κ2) is 11.1. The average Bonchev–Trinajstić information content (AvgIpc) is 3.37. The number of quaternary nitrogens is 1. The van der Waals surface area contributed by atoms with Crippen LogP contribution in [-0.4, -0.2) is 53.7 Å². The molecule has 2 atom stereocenters. The Morgan fingerprint density at radius 3 is 2.37 bits per heavy atom. The number of benzene rings is 2. The Bertz CT molecular complexity index is 1100. The van der Waals surface area contributed by atoms with Gasteiger partial charge in [0.05, 0.1) is 25.2 Å². The number of ether oxygens (including phenoxy) is 1. The van der Waals surface area contributed by atoms with Crippen LogP contribution in [0, 0.1) is 5.92 Å². The van der Waals surface area contributed by atoms with Gasteiger partial charge in [-0.25, -0.2) is 4.79 Å². The molecule has 1 N–H and O–H groups in total. The predicted molar refractivity (Wildman–Crippen MR) is 127 cm³/mol. The Balaban J connectivity index is 0.00000289. The van der Waals surface area contributed by atoms with Crippen LogP contribution in [0.5, 0.6) is 0 Å². The van der Waals surface area contributed by atoms with E-state index < -0.39 is 6.04 Å². The van der Waals surface area contributed by atoms with Crippen molar-refractivity contribution in [2.45, 2.75) is 31.4 Å². The fraction of sp³-hybridized carbons (Fsp3) is 0.370. The van der Waals surface area contributed by atoms with Crippen LogP contribution in [0.2, 0.25) is 0 Å². The number of piperidine rings is 3. The summed E-state index contributed by atoms with van der Waals surface area (Å²) in [6.45, 7) is 3.03. The van der Waals surface area contributed by atoms with Crippen molar-refractivity contribution >= 4 is 17.4 Å². The van der Waals surface area contributed by atoms with Crippen molar-refractivity contribution in [3.63, 3.8) is 0 Å². The zero-order valence-corrected chi connectivity index (χ0v) is 20.3. The summed E-state index contributed by atoms with van der Waals surface area (Å²) < 4.78 is 11.7. The average molecular weight is 496 g/mol. The van der Waals surface area contributed by atoms with Gasteiger partial charge in [0.25, 0.3) is 0 Å². The maximum Gasteiger partial charge on any atom is 0.333 e. The lowest BCUT2D eigenvalue weighted by atomic mass is 9.83. The van der Waals surface area contributed by atoms with Gasteiger partial charge in [-0.1, -0.05) is 53.7 Å². The van der Waals surface area contributed by atoms with E-state index >= 15 is 0 Å². The fourth-order valence-corrected chi connectivity index (χ4v) is 5.38. The molecule has 4 heterocycles. The third-order valence-corrected chi connectivity index (χ3v) is 7.14. The van der Waals surface area contributed by atoms with Crippen molar-refractivity contribution in [3.05, 3.63) is 84.3 Å². The van der Waals surface area contributed by atoms with Gasteiger partial charge in [-0.3, -0.25) is 4.79 Å². The van der Waals surface area contributed by atoms with Crippen LogP contribution in [0.4, 0.5) is 5.69 Å². The fourth-order valence-electron chi connectivity index (χ4n) is 5.38. The maximum absolute atomic E-state index is 13.5. The van der Waals surface area contributed by atoms with Crippen LogP contribution in [0.25, 0.3) is 0 Å². The Labute approximate surface area is 211 Å². The van der Waals surface area contributed by atoms with E-state index in [2.05, 4.69) is 10.5 Å². The van der Waals surface area contributed by atoms with Crippen molar-refractivity contribution in [2.75, 3.05) is 31.5 Å². The van der Waals surface area contributed by atoms with E-state index in [-0.39, 0.29) is 36.7 Å².